The Hall–Kier alpha value is -2.48. The summed E-state index contributed by atoms with van der Waals surface area (Å²) < 4.78 is 0. The first kappa shape index (κ1) is 17.6. The van der Waals surface area contributed by atoms with Crippen LogP contribution < -0.4 is 0 Å². The molecule has 0 amide bonds. The van der Waals surface area contributed by atoms with Gasteiger partial charge in [-0.1, -0.05) is 65.8 Å². The molecule has 0 N–H and O–H groups in total. The average Bonchev–Trinajstić information content (AvgIpc) is 3.11. The molecular formula is C26H26O2. The summed E-state index contributed by atoms with van der Waals surface area (Å²) in [6, 6.07) is 8.54. The number of hydrogen-bond donors (Lipinski definition) is 0. The molecule has 2 aliphatic rings. The Morgan fingerprint density at radius 1 is 0.607 bits per heavy atom. The lowest BCUT2D eigenvalue weighted by molar-refractivity contribution is 0.0990. The Balaban J connectivity index is 2.01. The highest BCUT2D eigenvalue weighted by molar-refractivity contribution is 6.28. The lowest BCUT2D eigenvalue weighted by atomic mass is 9.80. The van der Waals surface area contributed by atoms with Crippen molar-refractivity contribution in [2.45, 2.75) is 65.2 Å². The van der Waals surface area contributed by atoms with Crippen LogP contribution in [0.25, 0.3) is 21.5 Å². The van der Waals surface area contributed by atoms with Crippen LogP contribution in [0.5, 0.6) is 0 Å². The van der Waals surface area contributed by atoms with Gasteiger partial charge in [-0.15, -0.1) is 0 Å². The van der Waals surface area contributed by atoms with Crippen LogP contribution in [0.2, 0.25) is 0 Å². The number of hydrogen-bond acceptors (Lipinski definition) is 2. The van der Waals surface area contributed by atoms with Crippen LogP contribution in [-0.2, 0) is 23.7 Å². The molecule has 0 heterocycles. The molecule has 0 unspecified atom stereocenters. The van der Waals surface area contributed by atoms with Crippen molar-refractivity contribution in [3.05, 3.63) is 57.6 Å². The van der Waals surface area contributed by atoms with Gasteiger partial charge in [-0.05, 0) is 54.6 Å². The van der Waals surface area contributed by atoms with Gasteiger partial charge in [0.2, 0.25) is 0 Å². The van der Waals surface area contributed by atoms with E-state index in [1.807, 2.05) is 0 Å². The normalized spacial score (nSPS) is 16.1. The van der Waals surface area contributed by atoms with E-state index < -0.39 is 0 Å². The average molecular weight is 370 g/mol. The number of rotatable bonds is 0. The summed E-state index contributed by atoms with van der Waals surface area (Å²) in [7, 11) is 0. The van der Waals surface area contributed by atoms with Gasteiger partial charge >= 0.3 is 0 Å². The lowest BCUT2D eigenvalue weighted by Crippen LogP contribution is -2.16. The van der Waals surface area contributed by atoms with Crippen molar-refractivity contribution in [2.75, 3.05) is 0 Å². The Labute approximate surface area is 165 Å². The third kappa shape index (κ3) is 2.09. The Bertz CT molecular complexity index is 1140. The number of ketones is 2. The van der Waals surface area contributed by atoms with Crippen molar-refractivity contribution in [1.82, 2.24) is 0 Å². The van der Waals surface area contributed by atoms with Gasteiger partial charge in [0.1, 0.15) is 0 Å². The monoisotopic (exact) mass is 370 g/mol. The predicted molar refractivity (Wildman–Crippen MR) is 115 cm³/mol. The van der Waals surface area contributed by atoms with Gasteiger partial charge < -0.3 is 0 Å². The van der Waals surface area contributed by atoms with E-state index in [0.717, 1.165) is 54.9 Å². The van der Waals surface area contributed by atoms with E-state index in [9.17, 15) is 9.59 Å². The summed E-state index contributed by atoms with van der Waals surface area (Å²) in [6.45, 7) is 13.0. The molecule has 2 nitrogen and oxygen atoms in total. The lowest BCUT2D eigenvalue weighted by Gasteiger charge is -2.24. The van der Waals surface area contributed by atoms with Crippen molar-refractivity contribution < 1.29 is 9.59 Å². The SMILES string of the molecule is CC(C)(C)c1ccc2c3c4c(c(C(C)(C)C)ccc4c4c2c1C(=O)C4)C(=O)C3. The molecule has 3 aromatic carbocycles. The van der Waals surface area contributed by atoms with Gasteiger partial charge in [0.15, 0.2) is 11.6 Å². The molecule has 142 valence electrons. The maximum atomic E-state index is 13.1. The number of carbonyl (C=O) groups excluding carboxylic acids is 2. The third-order valence-electron chi connectivity index (χ3n) is 6.51. The maximum Gasteiger partial charge on any atom is 0.168 e. The second-order valence-corrected chi connectivity index (χ2v) is 10.5. The highest BCUT2D eigenvalue weighted by Gasteiger charge is 2.37. The summed E-state index contributed by atoms with van der Waals surface area (Å²) in [5.41, 5.74) is 6.07. The minimum atomic E-state index is -0.0901. The van der Waals surface area contributed by atoms with Crippen molar-refractivity contribution in [3.63, 3.8) is 0 Å². The highest BCUT2D eigenvalue weighted by Crippen LogP contribution is 2.48. The van der Waals surface area contributed by atoms with Gasteiger partial charge in [-0.3, -0.25) is 9.59 Å². The number of fused-ring (bicyclic) bond motifs is 2. The second kappa shape index (κ2) is 5.11. The Kier molecular flexibility index (Phi) is 3.21. The fraction of sp³-hybridized carbons (Fsp3) is 0.385. The fourth-order valence-electron chi connectivity index (χ4n) is 5.30. The largest absolute Gasteiger partial charge is 0.294 e. The van der Waals surface area contributed by atoms with Gasteiger partial charge in [0.25, 0.3) is 0 Å². The highest BCUT2D eigenvalue weighted by atomic mass is 16.1. The first-order chi connectivity index (χ1) is 13.0. The first-order valence-corrected chi connectivity index (χ1v) is 10.1. The van der Waals surface area contributed by atoms with Gasteiger partial charge in [-0.2, -0.15) is 0 Å². The van der Waals surface area contributed by atoms with E-state index in [1.54, 1.807) is 0 Å². The molecule has 0 saturated carbocycles. The molecular weight excluding hydrogens is 344 g/mol. The van der Waals surface area contributed by atoms with E-state index >= 15 is 0 Å². The molecule has 0 bridgehead atoms. The van der Waals surface area contributed by atoms with Crippen LogP contribution in [0.4, 0.5) is 0 Å². The van der Waals surface area contributed by atoms with E-state index in [4.69, 9.17) is 0 Å². The van der Waals surface area contributed by atoms with Crippen molar-refractivity contribution >= 4 is 33.1 Å². The van der Waals surface area contributed by atoms with Crippen LogP contribution in [0.1, 0.15) is 84.5 Å². The Morgan fingerprint density at radius 2 is 0.964 bits per heavy atom. The molecule has 0 saturated heterocycles. The molecule has 0 atom stereocenters. The van der Waals surface area contributed by atoms with Crippen molar-refractivity contribution in [3.8, 4) is 0 Å². The third-order valence-corrected chi connectivity index (χ3v) is 6.51. The minimum absolute atomic E-state index is 0.0901. The summed E-state index contributed by atoms with van der Waals surface area (Å²) in [4.78, 5) is 26.2. The molecule has 28 heavy (non-hydrogen) atoms. The molecule has 0 spiro atoms. The molecule has 0 radical (unpaired) electrons. The first-order valence-electron chi connectivity index (χ1n) is 10.1. The zero-order chi connectivity index (χ0) is 20.2. The fourth-order valence-corrected chi connectivity index (χ4v) is 5.30. The number of benzene rings is 3. The summed E-state index contributed by atoms with van der Waals surface area (Å²) in [5.74, 6) is 0.439. The van der Waals surface area contributed by atoms with Crippen LogP contribution >= 0.6 is 0 Å². The topological polar surface area (TPSA) is 34.1 Å². The molecule has 0 aromatic heterocycles. The van der Waals surface area contributed by atoms with Crippen LogP contribution in [0.15, 0.2) is 24.3 Å². The van der Waals surface area contributed by atoms with Crippen molar-refractivity contribution in [2.24, 2.45) is 0 Å². The van der Waals surface area contributed by atoms with Gasteiger partial charge in [0.05, 0.1) is 0 Å². The molecule has 2 heteroatoms. The smallest absolute Gasteiger partial charge is 0.168 e. The van der Waals surface area contributed by atoms with E-state index in [2.05, 4.69) is 65.8 Å². The summed E-state index contributed by atoms with van der Waals surface area (Å²) in [6.07, 6.45) is 0.885. The van der Waals surface area contributed by atoms with Crippen molar-refractivity contribution in [1.29, 1.82) is 0 Å². The Morgan fingerprint density at radius 3 is 1.29 bits per heavy atom. The molecule has 5 rings (SSSR count). The zero-order valence-electron chi connectivity index (χ0n) is 17.5. The standard InChI is InChI=1S/C26H26O2/c1-25(2,3)17-9-7-13-16-12-20(28)24-18(26(4,5)6)10-8-14(22(16)24)15-11-19(27)23(17)21(13)15/h7-10H,11-12H2,1-6H3. The molecule has 3 aromatic rings. The quantitative estimate of drug-likeness (QED) is 0.450. The second-order valence-electron chi connectivity index (χ2n) is 10.5. The predicted octanol–water partition coefficient (Wildman–Crippen LogP) is 6.07. The number of carbonyl (C=O) groups is 2. The molecule has 0 fully saturated rings. The maximum absolute atomic E-state index is 13.1. The van der Waals surface area contributed by atoms with E-state index in [-0.39, 0.29) is 22.4 Å². The minimum Gasteiger partial charge on any atom is -0.294 e. The van der Waals surface area contributed by atoms with E-state index in [0.29, 0.717) is 12.8 Å². The van der Waals surface area contributed by atoms with Crippen LogP contribution in [0.3, 0.4) is 0 Å². The molecule has 0 aliphatic heterocycles. The zero-order valence-corrected chi connectivity index (χ0v) is 17.5. The number of Topliss-reactive ketones (excluding diaryl/α,β-unsaturated/α-hetero) is 2. The summed E-state index contributed by atoms with van der Waals surface area (Å²) in [5, 5.41) is 4.41. The summed E-state index contributed by atoms with van der Waals surface area (Å²) >= 11 is 0. The van der Waals surface area contributed by atoms with Crippen LogP contribution in [-0.4, -0.2) is 11.6 Å². The molecule has 2 aliphatic carbocycles. The van der Waals surface area contributed by atoms with Gasteiger partial charge in [-0.25, -0.2) is 0 Å². The van der Waals surface area contributed by atoms with E-state index in [1.165, 1.54) is 0 Å². The van der Waals surface area contributed by atoms with Crippen LogP contribution in [0, 0.1) is 0 Å². The van der Waals surface area contributed by atoms with Gasteiger partial charge in [0, 0.05) is 24.0 Å².